The molecule has 1 aliphatic rings. The Morgan fingerprint density at radius 1 is 0.558 bits per heavy atom. The minimum Gasteiger partial charge on any atom is -0.481 e. The van der Waals surface area contributed by atoms with Gasteiger partial charge in [0.1, 0.15) is 48.3 Å². The standard InChI is InChI=1S/C59H93N13O22S/c1-30(2)49(57(92)65-34(51(60)86)18-21-95-6)70-55(90)39(26-47(82)83)68-52(87)35(16-17-44(76)77)66-53(88)37(24-45(78)79)62-19-12-10-8-7-9-11-15-42(74)36(23-33-28-61-29-63-33)67-54(89)38(25-46(80)81)69-58(93)50(31(3)4)71-56(91)41-14-13-20-72(41)59(94)40(27-48(84)85)64-43(75)22-32(5)73/h28-32,34-41,49-50,62,73H,7-27H2,1-6H3,(H2,60,86)(H,61,63)(H,64,75)(H,65,92)(H,66,88)(H,67,89)(H,68,87)(H,69,93)(H,70,90)(H,71,91)(H,76,77)(H,78,79)(H,80,81)(H,82,83)(H,84,85)/t32-,34+,35+,36+,37+,38+,39+,40+,41+,49+,50+/m1/s1. The van der Waals surface area contributed by atoms with Crippen LogP contribution in [0.2, 0.25) is 0 Å². The molecule has 36 heteroatoms. The number of nitrogens with one attached hydrogen (secondary N) is 10. The van der Waals surface area contributed by atoms with Gasteiger partial charge in [0, 0.05) is 32.0 Å². The number of unbranched alkanes of at least 4 members (excludes halogenated alkanes) is 5. The Morgan fingerprint density at radius 3 is 1.57 bits per heavy atom. The Kier molecular flexibility index (Phi) is 36.8. The van der Waals surface area contributed by atoms with E-state index in [1.807, 2.05) is 0 Å². The lowest BCUT2D eigenvalue weighted by molar-refractivity contribution is -0.146. The summed E-state index contributed by atoms with van der Waals surface area (Å²) in [5, 5.41) is 79.6. The Bertz CT molecular complexity index is 2820. The van der Waals surface area contributed by atoms with Crippen molar-refractivity contribution < 1.29 is 107 Å². The summed E-state index contributed by atoms with van der Waals surface area (Å²) in [6.45, 7) is 7.54. The first-order valence-corrected chi connectivity index (χ1v) is 32.6. The zero-order valence-electron chi connectivity index (χ0n) is 54.1. The molecule has 0 radical (unpaired) electrons. The Balaban J connectivity index is 2.10. The number of hydrogen-bond donors (Lipinski definition) is 17. The smallest absolute Gasteiger partial charge is 0.305 e. The van der Waals surface area contributed by atoms with E-state index in [1.165, 1.54) is 45.1 Å². The number of carboxylic acids is 5. The van der Waals surface area contributed by atoms with E-state index in [9.17, 15) is 107 Å². The first kappa shape index (κ1) is 82.3. The zero-order valence-corrected chi connectivity index (χ0v) is 54.9. The number of aliphatic hydroxyl groups is 1. The van der Waals surface area contributed by atoms with Gasteiger partial charge in [-0.2, -0.15) is 11.8 Å². The second-order valence-electron chi connectivity index (χ2n) is 23.7. The molecule has 532 valence electrons. The van der Waals surface area contributed by atoms with Crippen LogP contribution in [0.15, 0.2) is 12.5 Å². The van der Waals surface area contributed by atoms with Crippen LogP contribution < -0.4 is 53.6 Å². The highest BCUT2D eigenvalue weighted by Crippen LogP contribution is 2.21. The molecule has 0 aliphatic carbocycles. The van der Waals surface area contributed by atoms with E-state index in [0.29, 0.717) is 50.0 Å². The number of rotatable bonds is 48. The van der Waals surface area contributed by atoms with Crippen LogP contribution in [-0.2, 0) is 83.1 Å². The number of aliphatic carboxylic acids is 5. The fourth-order valence-electron chi connectivity index (χ4n) is 10.0. The van der Waals surface area contributed by atoms with Gasteiger partial charge in [0.05, 0.1) is 62.3 Å². The Morgan fingerprint density at radius 2 is 1.04 bits per heavy atom. The molecule has 2 rings (SSSR count). The molecule has 1 aromatic heterocycles. The third-order valence-electron chi connectivity index (χ3n) is 15.0. The van der Waals surface area contributed by atoms with Gasteiger partial charge in [0.2, 0.25) is 59.1 Å². The zero-order chi connectivity index (χ0) is 71.6. The van der Waals surface area contributed by atoms with E-state index in [-0.39, 0.29) is 45.2 Å². The third-order valence-corrected chi connectivity index (χ3v) is 15.7. The van der Waals surface area contributed by atoms with Crippen LogP contribution in [0.4, 0.5) is 0 Å². The first-order chi connectivity index (χ1) is 44.6. The molecule has 35 nitrogen and oxygen atoms in total. The maximum absolute atomic E-state index is 13.9. The van der Waals surface area contributed by atoms with Crippen molar-refractivity contribution in [1.29, 1.82) is 0 Å². The van der Waals surface area contributed by atoms with Gasteiger partial charge in [-0.1, -0.05) is 53.4 Å². The summed E-state index contributed by atoms with van der Waals surface area (Å²) < 4.78 is 0. The summed E-state index contributed by atoms with van der Waals surface area (Å²) in [6.07, 6.45) is 1.32. The minimum atomic E-state index is -1.89. The van der Waals surface area contributed by atoms with Gasteiger partial charge in [-0.05, 0) is 75.8 Å². The SMILES string of the molecule is CSCC[C@H](NC(=O)[C@@H](NC(=O)[C@H](CC(=O)O)NC(=O)[C@H](CCC(=O)O)NC(=O)[C@H](CC(=O)O)NCCCCCCCCC(=O)[C@H](Cc1c[nH]cn1)NC(=O)[C@H](CC(=O)O)NC(=O)[C@@H](NC(=O)[C@@H]1CCCN1C(=O)[C@H](CC(=O)O)NC(=O)C[C@@H](C)O)C(C)C)C(C)C)C(N)=O. The van der Waals surface area contributed by atoms with Crippen LogP contribution >= 0.6 is 11.8 Å². The molecule has 2 heterocycles. The molecule has 95 heavy (non-hydrogen) atoms. The summed E-state index contributed by atoms with van der Waals surface area (Å²) in [7, 11) is 0. The van der Waals surface area contributed by atoms with Gasteiger partial charge >= 0.3 is 29.8 Å². The first-order valence-electron chi connectivity index (χ1n) is 31.2. The number of Topliss-reactive ketones (excluding diaryl/α,β-unsaturated/α-hetero) is 1. The van der Waals surface area contributed by atoms with Gasteiger partial charge in [-0.25, -0.2) is 4.98 Å². The number of aliphatic hydroxyl groups excluding tert-OH is 1. The number of hydrogen-bond acceptors (Lipinski definition) is 20. The van der Waals surface area contributed by atoms with Crippen molar-refractivity contribution in [2.24, 2.45) is 17.6 Å². The van der Waals surface area contributed by atoms with Crippen LogP contribution in [0.25, 0.3) is 0 Å². The maximum atomic E-state index is 13.9. The predicted octanol–water partition coefficient (Wildman–Crippen LogP) is -2.84. The number of nitrogens with zero attached hydrogens (tertiary/aromatic N) is 2. The van der Waals surface area contributed by atoms with Crippen LogP contribution in [-0.4, -0.2) is 232 Å². The summed E-state index contributed by atoms with van der Waals surface area (Å²) in [5.74, 6) is -18.4. The van der Waals surface area contributed by atoms with E-state index >= 15 is 0 Å². The topological polar surface area (TPSA) is 561 Å². The van der Waals surface area contributed by atoms with Crippen LogP contribution in [0.3, 0.4) is 0 Å². The molecule has 11 atom stereocenters. The molecular formula is C59H93N13O22S. The van der Waals surface area contributed by atoms with Crippen LogP contribution in [0.1, 0.15) is 149 Å². The van der Waals surface area contributed by atoms with Gasteiger partial charge in [0.25, 0.3) is 0 Å². The van der Waals surface area contributed by atoms with Crippen molar-refractivity contribution in [3.8, 4) is 0 Å². The number of primary amides is 1. The maximum Gasteiger partial charge on any atom is 0.305 e. The van der Waals surface area contributed by atoms with Crippen molar-refractivity contribution in [2.45, 2.75) is 217 Å². The molecule has 0 saturated carbocycles. The predicted molar refractivity (Wildman–Crippen MR) is 336 cm³/mol. The summed E-state index contributed by atoms with van der Waals surface area (Å²) >= 11 is 1.38. The fourth-order valence-corrected chi connectivity index (χ4v) is 10.5. The second-order valence-corrected chi connectivity index (χ2v) is 24.7. The molecule has 0 unspecified atom stereocenters. The molecule has 0 aromatic carbocycles. The van der Waals surface area contributed by atoms with E-state index in [2.05, 4.69) is 57.8 Å². The van der Waals surface area contributed by atoms with E-state index in [0.717, 1.165) is 4.90 Å². The van der Waals surface area contributed by atoms with Gasteiger partial charge in [0.15, 0.2) is 5.78 Å². The lowest BCUT2D eigenvalue weighted by atomic mass is 9.99. The summed E-state index contributed by atoms with van der Waals surface area (Å²) in [4.78, 5) is 215. The quantitative estimate of drug-likeness (QED) is 0.0292. The molecule has 18 N–H and O–H groups in total. The highest BCUT2D eigenvalue weighted by Gasteiger charge is 2.41. The number of aromatic nitrogens is 2. The normalized spacial score (nSPS) is 16.0. The van der Waals surface area contributed by atoms with Crippen molar-refractivity contribution in [2.75, 3.05) is 25.1 Å². The number of H-pyrrole nitrogens is 1. The Labute approximate surface area is 552 Å². The van der Waals surface area contributed by atoms with Gasteiger partial charge in [-0.3, -0.25) is 76.7 Å². The number of ketones is 1. The summed E-state index contributed by atoms with van der Waals surface area (Å²) in [5.41, 5.74) is 5.80. The molecule has 10 amide bonds. The minimum absolute atomic E-state index is 0.0101. The molecule has 1 aliphatic heterocycles. The molecule has 1 fully saturated rings. The summed E-state index contributed by atoms with van der Waals surface area (Å²) in [6, 6.07) is -14.9. The molecular weight excluding hydrogens is 1270 g/mol. The number of carbonyl (C=O) groups excluding carboxylic acids is 11. The van der Waals surface area contributed by atoms with Crippen molar-refractivity contribution >= 4 is 106 Å². The fraction of sp³-hybridized carbons (Fsp3) is 0.678. The third kappa shape index (κ3) is 31.3. The Hall–Kier alpha value is -8.80. The monoisotopic (exact) mass is 1370 g/mol. The number of nitrogens with two attached hydrogens (primary N) is 1. The van der Waals surface area contributed by atoms with Crippen LogP contribution in [0.5, 0.6) is 0 Å². The second kappa shape index (κ2) is 42.5. The molecule has 0 spiro atoms. The highest BCUT2D eigenvalue weighted by molar-refractivity contribution is 7.98. The largest absolute Gasteiger partial charge is 0.481 e. The number of imidazole rings is 1. The number of carbonyl (C=O) groups is 16. The lowest BCUT2D eigenvalue weighted by Gasteiger charge is -2.30. The van der Waals surface area contributed by atoms with Crippen LogP contribution in [0, 0.1) is 11.8 Å². The number of aromatic amines is 1. The number of amides is 10. The van der Waals surface area contributed by atoms with Gasteiger partial charge in [-0.15, -0.1) is 0 Å². The van der Waals surface area contributed by atoms with E-state index < -0.39 is 218 Å². The number of carboxylic acid groups (broad SMARTS) is 5. The number of thioether (sulfide) groups is 1. The van der Waals surface area contributed by atoms with E-state index in [1.54, 1.807) is 20.1 Å². The van der Waals surface area contributed by atoms with Crippen molar-refractivity contribution in [1.82, 2.24) is 62.7 Å². The highest BCUT2D eigenvalue weighted by atomic mass is 32.2. The molecule has 1 saturated heterocycles. The molecule has 0 bridgehead atoms. The van der Waals surface area contributed by atoms with Gasteiger partial charge < -0.3 is 94.1 Å². The average molecular weight is 1370 g/mol. The van der Waals surface area contributed by atoms with E-state index in [4.69, 9.17) is 5.73 Å². The number of likely N-dealkylation sites (tertiary alicyclic amines) is 1. The lowest BCUT2D eigenvalue weighted by Crippen LogP contribution is -2.60. The molecule has 1 aromatic rings. The van der Waals surface area contributed by atoms with Crippen molar-refractivity contribution in [3.05, 3.63) is 18.2 Å². The average Bonchev–Trinajstić information content (AvgIpc) is 1.78. The van der Waals surface area contributed by atoms with Crippen molar-refractivity contribution in [3.63, 3.8) is 0 Å².